The minimum absolute atomic E-state index is 0.0279. The number of carbonyl (C=O) groups excluding carboxylic acids is 3. The standard InChI is InChI=1S/C101H168O16P2/c1-4-7-10-13-16-19-22-25-28-31-34-36-38-40-42-44-45-46-47-48-49-51-53-54-56-58-61-63-66-69-72-75-78-81-84-87-99(104)111-90-96(102)91-113-118(107,108)114-92-97(103)93-115-119(109,110)116-95-98(117-101(106)89-86-83-80-77-74-71-68-65-60-33-30-27-24-21-18-15-12-9-6-3)94-112-100(105)88-85-82-79-76-73-70-67-64-62-59-57-55-52-50-43-41-39-37-35-32-29-26-23-20-17-14-11-8-5-2/h8-9,11-12,16-21,25-30,34-37,40-43,52,55,60,65,71,74,80,83,96-98,102-103H,4-7,10,13-15,22-24,31-33,38-39,44-51,53-54,56-59,61-64,66-70,72-73,75-79,81-82,84-95H2,1-3H3,(H,107,108)(H,109,110)/b11-8-,12-9-,19-16-,20-17-,21-18-,28-25-,29-26-,30-27-,36-34-,37-35-,42-40-,43-41-,55-52-,65-60-,74-71-,83-80-. The van der Waals surface area contributed by atoms with Crippen molar-refractivity contribution in [3.05, 3.63) is 194 Å². The van der Waals surface area contributed by atoms with Crippen LogP contribution in [0.1, 0.15) is 367 Å². The summed E-state index contributed by atoms with van der Waals surface area (Å²) in [5.41, 5.74) is 0. The smallest absolute Gasteiger partial charge is 0.463 e. The van der Waals surface area contributed by atoms with Crippen molar-refractivity contribution in [3.63, 3.8) is 0 Å². The molecule has 0 saturated carbocycles. The van der Waals surface area contributed by atoms with Gasteiger partial charge in [0.15, 0.2) is 6.10 Å². The summed E-state index contributed by atoms with van der Waals surface area (Å²) in [5.74, 6) is -1.68. The first kappa shape index (κ1) is 113. The van der Waals surface area contributed by atoms with Crippen LogP contribution in [-0.4, -0.2) is 95.9 Å². The first-order valence-electron chi connectivity index (χ1n) is 46.7. The van der Waals surface area contributed by atoms with E-state index in [1.54, 1.807) is 0 Å². The SMILES string of the molecule is CC/C=C\C/C=C\C/C=C\C/C=C\C/C=C\C/C=C\CCCCCCCCCCCCC(=O)OCC(COP(=O)(O)OCC(O)COP(=O)(O)OCC(O)COC(=O)CCCCCCCCCCCCCCCCCCCCC/C=C\C/C=C\C/C=C\C/C=C\CCCCC)OC(=O)CC/C=C\C/C=C\C/C=C\C/C=C\C/C=C\C/C=C\CC. The second-order valence-electron chi connectivity index (χ2n) is 30.7. The molecule has 5 atom stereocenters. The molecule has 0 rings (SSSR count). The van der Waals surface area contributed by atoms with Crippen molar-refractivity contribution in [2.75, 3.05) is 39.6 Å². The van der Waals surface area contributed by atoms with Crippen molar-refractivity contribution < 1.29 is 75.8 Å². The summed E-state index contributed by atoms with van der Waals surface area (Å²) < 4.78 is 61.3. The summed E-state index contributed by atoms with van der Waals surface area (Å²) in [7, 11) is -9.84. The molecule has 119 heavy (non-hydrogen) atoms. The van der Waals surface area contributed by atoms with Gasteiger partial charge in [0.05, 0.1) is 26.4 Å². The lowest BCUT2D eigenvalue weighted by molar-refractivity contribution is -0.161. The summed E-state index contributed by atoms with van der Waals surface area (Å²) in [4.78, 5) is 58.9. The summed E-state index contributed by atoms with van der Waals surface area (Å²) in [5, 5.41) is 20.7. The normalized spacial score (nSPS) is 14.6. The molecule has 0 radical (unpaired) electrons. The first-order chi connectivity index (χ1) is 58.2. The Balaban J connectivity index is 4.56. The van der Waals surface area contributed by atoms with Gasteiger partial charge in [-0.1, -0.05) is 389 Å². The molecule has 0 aliphatic rings. The van der Waals surface area contributed by atoms with Gasteiger partial charge >= 0.3 is 33.6 Å². The van der Waals surface area contributed by atoms with Gasteiger partial charge in [0, 0.05) is 19.3 Å². The van der Waals surface area contributed by atoms with Crippen LogP contribution in [0.5, 0.6) is 0 Å². The number of phosphoric ester groups is 2. The molecule has 4 N–H and O–H groups in total. The highest BCUT2D eigenvalue weighted by atomic mass is 31.2. The van der Waals surface area contributed by atoms with Gasteiger partial charge in [0.2, 0.25) is 0 Å². The number of rotatable bonds is 87. The fourth-order valence-corrected chi connectivity index (χ4v) is 13.9. The number of hydrogen-bond donors (Lipinski definition) is 4. The van der Waals surface area contributed by atoms with Gasteiger partial charge in [-0.2, -0.15) is 0 Å². The Morgan fingerprint density at radius 3 is 0.739 bits per heavy atom. The third-order valence-electron chi connectivity index (χ3n) is 19.3. The number of ether oxygens (including phenoxy) is 3. The molecule has 18 heteroatoms. The number of hydrogen-bond acceptors (Lipinski definition) is 14. The lowest BCUT2D eigenvalue weighted by Gasteiger charge is -2.21. The van der Waals surface area contributed by atoms with Crippen LogP contribution in [-0.2, 0) is 55.8 Å². The number of aliphatic hydroxyl groups is 2. The highest BCUT2D eigenvalue weighted by Crippen LogP contribution is 2.45. The number of unbranched alkanes of at least 4 members (excludes halogenated alkanes) is 32. The molecule has 0 amide bonds. The number of carbonyl (C=O) groups is 3. The quantitative estimate of drug-likeness (QED) is 0.0146. The van der Waals surface area contributed by atoms with Crippen molar-refractivity contribution in [1.29, 1.82) is 0 Å². The predicted octanol–water partition coefficient (Wildman–Crippen LogP) is 29.0. The van der Waals surface area contributed by atoms with Gasteiger partial charge in [-0.15, -0.1) is 0 Å². The molecule has 0 aliphatic heterocycles. The molecular formula is C101H168O16P2. The van der Waals surface area contributed by atoms with Gasteiger partial charge in [-0.25, -0.2) is 9.13 Å². The number of esters is 3. The average Bonchev–Trinajstić information content (AvgIpc) is 0.902. The Morgan fingerprint density at radius 2 is 0.462 bits per heavy atom. The van der Waals surface area contributed by atoms with Crippen LogP contribution >= 0.6 is 15.6 Å². The van der Waals surface area contributed by atoms with E-state index >= 15 is 0 Å². The molecule has 0 aliphatic carbocycles. The van der Waals surface area contributed by atoms with Crippen LogP contribution < -0.4 is 0 Å². The molecule has 0 aromatic rings. The van der Waals surface area contributed by atoms with E-state index in [1.165, 1.54) is 161 Å². The maximum absolute atomic E-state index is 13.0. The second kappa shape index (κ2) is 91.6. The summed E-state index contributed by atoms with van der Waals surface area (Å²) >= 11 is 0. The Bertz CT molecular complexity index is 2940. The lowest BCUT2D eigenvalue weighted by Crippen LogP contribution is -2.29. The van der Waals surface area contributed by atoms with Crippen molar-refractivity contribution in [3.8, 4) is 0 Å². The van der Waals surface area contributed by atoms with Crippen LogP contribution in [0, 0.1) is 0 Å². The topological polar surface area (TPSA) is 231 Å². The minimum atomic E-state index is -4.97. The molecule has 0 spiro atoms. The number of allylic oxidation sites excluding steroid dienone is 32. The van der Waals surface area contributed by atoms with E-state index in [4.69, 9.17) is 32.3 Å². The molecule has 0 saturated heterocycles. The van der Waals surface area contributed by atoms with Crippen LogP contribution in [0.4, 0.5) is 0 Å². The van der Waals surface area contributed by atoms with E-state index in [9.17, 15) is 43.5 Å². The van der Waals surface area contributed by atoms with Gasteiger partial charge in [0.1, 0.15) is 25.4 Å². The van der Waals surface area contributed by atoms with E-state index < -0.39 is 91.5 Å². The third kappa shape index (κ3) is 92.9. The molecule has 0 aromatic carbocycles. The Hall–Kier alpha value is -5.61. The van der Waals surface area contributed by atoms with E-state index in [1.807, 2.05) is 18.2 Å². The molecule has 678 valence electrons. The largest absolute Gasteiger partial charge is 0.472 e. The zero-order valence-corrected chi connectivity index (χ0v) is 76.5. The van der Waals surface area contributed by atoms with Crippen molar-refractivity contribution in [2.24, 2.45) is 0 Å². The predicted molar refractivity (Wildman–Crippen MR) is 500 cm³/mol. The van der Waals surface area contributed by atoms with E-state index in [0.29, 0.717) is 25.7 Å². The maximum atomic E-state index is 13.0. The van der Waals surface area contributed by atoms with E-state index in [-0.39, 0.29) is 19.3 Å². The number of aliphatic hydroxyl groups excluding tert-OH is 2. The highest BCUT2D eigenvalue weighted by Gasteiger charge is 2.29. The molecule has 0 heterocycles. The van der Waals surface area contributed by atoms with Gasteiger partial charge in [-0.05, 0) is 154 Å². The fourth-order valence-electron chi connectivity index (χ4n) is 12.3. The van der Waals surface area contributed by atoms with Crippen LogP contribution in [0.3, 0.4) is 0 Å². The molecule has 0 aromatic heterocycles. The van der Waals surface area contributed by atoms with Crippen molar-refractivity contribution in [1.82, 2.24) is 0 Å². The molecule has 5 unspecified atom stereocenters. The van der Waals surface area contributed by atoms with Crippen LogP contribution in [0.15, 0.2) is 194 Å². The van der Waals surface area contributed by atoms with Crippen LogP contribution in [0.2, 0.25) is 0 Å². The van der Waals surface area contributed by atoms with Crippen LogP contribution in [0.25, 0.3) is 0 Å². The maximum Gasteiger partial charge on any atom is 0.472 e. The first-order valence-corrected chi connectivity index (χ1v) is 49.7. The Labute approximate surface area is 725 Å². The summed E-state index contributed by atoms with van der Waals surface area (Å²) in [6, 6.07) is 0. The summed E-state index contributed by atoms with van der Waals surface area (Å²) in [6.07, 6.45) is 122. The fraction of sp³-hybridized carbons (Fsp3) is 0.653. The molecule has 0 bridgehead atoms. The lowest BCUT2D eigenvalue weighted by atomic mass is 10.0. The van der Waals surface area contributed by atoms with Gasteiger partial charge in [-0.3, -0.25) is 32.5 Å². The monoisotopic (exact) mass is 1700 g/mol. The summed E-state index contributed by atoms with van der Waals surface area (Å²) in [6.45, 7) is 2.35. The zero-order chi connectivity index (χ0) is 86.5. The Morgan fingerprint density at radius 1 is 0.244 bits per heavy atom. The van der Waals surface area contributed by atoms with Crippen molar-refractivity contribution in [2.45, 2.75) is 386 Å². The Kier molecular flexibility index (Phi) is 87.3. The molecular weight excluding hydrogens is 1530 g/mol. The van der Waals surface area contributed by atoms with E-state index in [0.717, 1.165) is 141 Å². The second-order valence-corrected chi connectivity index (χ2v) is 33.6. The highest BCUT2D eigenvalue weighted by molar-refractivity contribution is 7.47. The third-order valence-corrected chi connectivity index (χ3v) is 21.2. The number of phosphoric acid groups is 2. The van der Waals surface area contributed by atoms with Crippen molar-refractivity contribution >= 4 is 33.6 Å². The molecule has 16 nitrogen and oxygen atoms in total. The average molecular weight is 1700 g/mol. The minimum Gasteiger partial charge on any atom is -0.463 e. The molecule has 0 fully saturated rings. The van der Waals surface area contributed by atoms with Gasteiger partial charge in [0.25, 0.3) is 0 Å². The zero-order valence-electron chi connectivity index (χ0n) is 74.7. The van der Waals surface area contributed by atoms with Gasteiger partial charge < -0.3 is 34.2 Å². The van der Waals surface area contributed by atoms with E-state index in [2.05, 4.69) is 197 Å².